The number of nitrogens with two attached hydrogens (primary N) is 1. The molecule has 2 aromatic carbocycles. The molecule has 7 nitrogen and oxygen atoms in total. The quantitative estimate of drug-likeness (QED) is 0.166. The first-order valence-corrected chi connectivity index (χ1v) is 10.9. The van der Waals surface area contributed by atoms with Crippen LogP contribution in [0, 0.1) is 6.92 Å². The molecule has 0 saturated carbocycles. The van der Waals surface area contributed by atoms with Crippen LogP contribution in [0.25, 0.3) is 11.4 Å². The molecule has 1 atom stereocenters. The second-order valence-electron chi connectivity index (χ2n) is 6.89. The van der Waals surface area contributed by atoms with E-state index in [0.29, 0.717) is 16.6 Å². The van der Waals surface area contributed by atoms with E-state index in [9.17, 15) is 0 Å². The Bertz CT molecular complexity index is 1140. The van der Waals surface area contributed by atoms with Crippen molar-refractivity contribution in [2.24, 2.45) is 10.9 Å². The lowest BCUT2D eigenvalue weighted by Crippen LogP contribution is -2.21. The summed E-state index contributed by atoms with van der Waals surface area (Å²) in [5.41, 5.74) is 4.46. The third kappa shape index (κ3) is 3.82. The number of aryl methyl sites for hydroxylation is 1. The number of fused-ring (bicyclic) bond motifs is 3. The lowest BCUT2D eigenvalue weighted by Gasteiger charge is -2.26. The minimum absolute atomic E-state index is 0.129. The van der Waals surface area contributed by atoms with E-state index >= 15 is 0 Å². The summed E-state index contributed by atoms with van der Waals surface area (Å²) in [5, 5.41) is 9.44. The molecule has 9 heteroatoms. The Morgan fingerprint density at radius 2 is 1.97 bits per heavy atom. The Hall–Kier alpha value is -2.43. The molecule has 4 rings (SSSR count). The second kappa shape index (κ2) is 8.37. The Balaban J connectivity index is 1.91. The van der Waals surface area contributed by atoms with Gasteiger partial charge in [0.25, 0.3) is 0 Å². The predicted molar refractivity (Wildman–Crippen MR) is 129 cm³/mol. The van der Waals surface area contributed by atoms with E-state index in [1.165, 1.54) is 0 Å². The summed E-state index contributed by atoms with van der Waals surface area (Å²) in [7, 11) is 0. The highest BCUT2D eigenvalue weighted by Gasteiger charge is 2.29. The summed E-state index contributed by atoms with van der Waals surface area (Å²) in [6.07, 6.45) is 0. The molecule has 3 aromatic rings. The molecule has 2 N–H and O–H groups in total. The molecule has 0 spiro atoms. The van der Waals surface area contributed by atoms with Gasteiger partial charge in [-0.1, -0.05) is 46.8 Å². The zero-order chi connectivity index (χ0) is 21.4. The number of hydrogen-bond acceptors (Lipinski definition) is 6. The Labute approximate surface area is 193 Å². The van der Waals surface area contributed by atoms with E-state index in [1.54, 1.807) is 6.92 Å². The van der Waals surface area contributed by atoms with Gasteiger partial charge in [0.05, 0.1) is 21.0 Å². The number of hydrogen-bond donors (Lipinski definition) is 1. The number of anilines is 2. The van der Waals surface area contributed by atoms with Crippen molar-refractivity contribution in [2.75, 3.05) is 11.4 Å². The summed E-state index contributed by atoms with van der Waals surface area (Å²) in [5.74, 6) is 7.30. The van der Waals surface area contributed by atoms with Crippen molar-refractivity contribution < 1.29 is 4.84 Å². The van der Waals surface area contributed by atoms with E-state index in [0.717, 1.165) is 40.8 Å². The molecule has 0 fully saturated rings. The van der Waals surface area contributed by atoms with Crippen LogP contribution in [0.3, 0.4) is 0 Å². The fourth-order valence-corrected chi connectivity index (χ4v) is 4.40. The molecule has 1 aliphatic rings. The van der Waals surface area contributed by atoms with Gasteiger partial charge in [-0.05, 0) is 43.3 Å². The molecule has 0 unspecified atom stereocenters. The Morgan fingerprint density at radius 3 is 2.67 bits per heavy atom. The molecule has 154 valence electrons. The van der Waals surface area contributed by atoms with E-state index in [4.69, 9.17) is 17.5 Å². The van der Waals surface area contributed by atoms with Gasteiger partial charge >= 0.3 is 0 Å². The van der Waals surface area contributed by atoms with Crippen LogP contribution in [0.2, 0.25) is 5.02 Å². The maximum Gasteiger partial charge on any atom is 0.210 e. The summed E-state index contributed by atoms with van der Waals surface area (Å²) in [6, 6.07) is 13.9. The third-order valence-corrected chi connectivity index (χ3v) is 6.12. The first kappa shape index (κ1) is 20.8. The van der Waals surface area contributed by atoms with Gasteiger partial charge < -0.3 is 9.74 Å². The summed E-state index contributed by atoms with van der Waals surface area (Å²) >= 11 is 8.54. The first-order valence-electron chi connectivity index (χ1n) is 9.24. The van der Waals surface area contributed by atoms with E-state index in [2.05, 4.69) is 64.7 Å². The second-order valence-corrected chi connectivity index (χ2v) is 8.83. The molecule has 30 heavy (non-hydrogen) atoms. The van der Waals surface area contributed by atoms with Crippen LogP contribution in [0.5, 0.6) is 0 Å². The monoisotopic (exact) mass is 534 g/mol. The number of benzene rings is 2. The van der Waals surface area contributed by atoms with E-state index in [-0.39, 0.29) is 3.92 Å². The largest absolute Gasteiger partial charge is 0.396 e. The van der Waals surface area contributed by atoms with Crippen LogP contribution in [-0.2, 0) is 4.84 Å². The van der Waals surface area contributed by atoms with Gasteiger partial charge in [0, 0.05) is 29.7 Å². The molecule has 1 aromatic heterocycles. The maximum absolute atomic E-state index is 6.13. The molecule has 0 aliphatic carbocycles. The van der Waals surface area contributed by atoms with E-state index in [1.807, 2.05) is 43.3 Å². The average Bonchev–Trinajstić information content (AvgIpc) is 3.07. The van der Waals surface area contributed by atoms with Gasteiger partial charge in [0.15, 0.2) is 5.82 Å². The molecule has 1 aliphatic heterocycles. The highest BCUT2D eigenvalue weighted by atomic mass is 127. The smallest absolute Gasteiger partial charge is 0.210 e. The number of nitrogens with zero attached hydrogens (tertiary/aromatic N) is 5. The molecular weight excluding hydrogens is 515 g/mol. The number of alkyl halides is 1. The van der Waals surface area contributed by atoms with Crippen LogP contribution in [0.1, 0.15) is 28.1 Å². The number of aliphatic imine (C=N–C) groups is 1. The topological polar surface area (TPSA) is 81.6 Å². The highest BCUT2D eigenvalue weighted by Crippen LogP contribution is 2.41. The lowest BCUT2D eigenvalue weighted by atomic mass is 10.1. The number of halogens is 2. The molecule has 0 bridgehead atoms. The Kier molecular flexibility index (Phi) is 5.81. The van der Waals surface area contributed by atoms with Crippen molar-refractivity contribution in [2.45, 2.75) is 17.8 Å². The summed E-state index contributed by atoms with van der Waals surface area (Å²) in [6.45, 7) is 8.43. The van der Waals surface area contributed by atoms with Crippen LogP contribution in [0.15, 0.2) is 54.0 Å². The standard InChI is InChI=1S/C21H20ClIN6O/c1-12(25-14(3)30-24)15-4-9-19-20(10-15)28(17-7-5-16(22)6-8-17)11-18(23)21-27-26-13(2)29(19)21/h4-10,18H,1,11,24H2,2-3H3/t18-/m1/s1. The molecule has 0 amide bonds. The zero-order valence-corrected chi connectivity index (χ0v) is 19.4. The minimum Gasteiger partial charge on any atom is -0.396 e. The normalized spacial score (nSPS) is 16.0. The average molecular weight is 535 g/mol. The van der Waals surface area contributed by atoms with Gasteiger partial charge in [0.2, 0.25) is 5.90 Å². The van der Waals surface area contributed by atoms with E-state index < -0.39 is 0 Å². The van der Waals surface area contributed by atoms with Crippen LogP contribution < -0.4 is 10.8 Å². The molecule has 0 saturated heterocycles. The SMILES string of the molecule is C=C(N=C(C)ON)c1ccc2c(c1)N(c1ccc(Cl)cc1)C[C@@H](I)c1nnc(C)n1-2. The predicted octanol–water partition coefficient (Wildman–Crippen LogP) is 5.14. The van der Waals surface area contributed by atoms with Gasteiger partial charge in [-0.3, -0.25) is 4.57 Å². The van der Waals surface area contributed by atoms with Crippen molar-refractivity contribution in [3.8, 4) is 5.69 Å². The first-order chi connectivity index (χ1) is 14.4. The van der Waals surface area contributed by atoms with Crippen LogP contribution in [0.4, 0.5) is 11.4 Å². The fraction of sp³-hybridized carbons (Fsp3) is 0.190. The van der Waals surface area contributed by atoms with Crippen molar-refractivity contribution in [3.05, 3.63) is 71.3 Å². The summed E-state index contributed by atoms with van der Waals surface area (Å²) in [4.78, 5) is 11.3. The highest BCUT2D eigenvalue weighted by molar-refractivity contribution is 14.1. The number of rotatable bonds is 3. The Morgan fingerprint density at radius 1 is 1.23 bits per heavy atom. The summed E-state index contributed by atoms with van der Waals surface area (Å²) < 4.78 is 2.23. The van der Waals surface area contributed by atoms with Gasteiger partial charge in [0.1, 0.15) is 5.82 Å². The van der Waals surface area contributed by atoms with Crippen LogP contribution in [-0.4, -0.2) is 27.2 Å². The fourth-order valence-electron chi connectivity index (χ4n) is 3.47. The van der Waals surface area contributed by atoms with Gasteiger partial charge in [-0.2, -0.15) is 5.90 Å². The zero-order valence-electron chi connectivity index (χ0n) is 16.5. The van der Waals surface area contributed by atoms with Crippen LogP contribution >= 0.6 is 34.2 Å². The minimum atomic E-state index is 0.129. The molecule has 2 heterocycles. The molecule has 0 radical (unpaired) electrons. The third-order valence-electron chi connectivity index (χ3n) is 4.91. The maximum atomic E-state index is 6.13. The van der Waals surface area contributed by atoms with Crippen molar-refractivity contribution in [3.63, 3.8) is 0 Å². The van der Waals surface area contributed by atoms with Gasteiger partial charge in [-0.25, -0.2) is 4.99 Å². The van der Waals surface area contributed by atoms with Crippen molar-refractivity contribution in [1.29, 1.82) is 0 Å². The van der Waals surface area contributed by atoms with Crippen molar-refractivity contribution in [1.82, 2.24) is 14.8 Å². The lowest BCUT2D eigenvalue weighted by molar-refractivity contribution is 0.318. The molecular formula is C21H20ClIN6O. The van der Waals surface area contributed by atoms with Gasteiger partial charge in [-0.15, -0.1) is 10.2 Å². The van der Waals surface area contributed by atoms with Crippen molar-refractivity contribution >= 4 is 57.2 Å². The number of aromatic nitrogens is 3.